The van der Waals surface area contributed by atoms with Crippen molar-refractivity contribution < 1.29 is 19.1 Å². The van der Waals surface area contributed by atoms with E-state index in [9.17, 15) is 9.59 Å². The predicted octanol–water partition coefficient (Wildman–Crippen LogP) is 1.84. The van der Waals surface area contributed by atoms with Gasteiger partial charge >= 0.3 is 0 Å². The summed E-state index contributed by atoms with van der Waals surface area (Å²) in [6, 6.07) is 5.41. The van der Waals surface area contributed by atoms with Gasteiger partial charge in [0.2, 0.25) is 18.6 Å². The van der Waals surface area contributed by atoms with Gasteiger partial charge in [-0.25, -0.2) is 0 Å². The Balaban J connectivity index is 1.43. The van der Waals surface area contributed by atoms with E-state index in [1.54, 1.807) is 12.1 Å². The van der Waals surface area contributed by atoms with Gasteiger partial charge in [-0.2, -0.15) is 0 Å². The van der Waals surface area contributed by atoms with Crippen molar-refractivity contribution in [1.82, 2.24) is 10.2 Å². The summed E-state index contributed by atoms with van der Waals surface area (Å²) in [6.07, 6.45) is 1.52. The van der Waals surface area contributed by atoms with E-state index in [0.717, 1.165) is 31.6 Å². The Morgan fingerprint density at radius 3 is 2.65 bits per heavy atom. The molecule has 1 fully saturated rings. The zero-order valence-corrected chi connectivity index (χ0v) is 15.4. The van der Waals surface area contributed by atoms with E-state index in [4.69, 9.17) is 9.47 Å². The van der Waals surface area contributed by atoms with Gasteiger partial charge in [-0.1, -0.05) is 13.8 Å². The molecule has 0 atom stereocenters. The maximum atomic E-state index is 12.5. The summed E-state index contributed by atoms with van der Waals surface area (Å²) >= 11 is 0. The number of hydrogen-bond acceptors (Lipinski definition) is 5. The third-order valence-electron chi connectivity index (χ3n) is 4.67. The lowest BCUT2D eigenvalue weighted by molar-refractivity contribution is -0.123. The maximum Gasteiger partial charge on any atom is 0.234 e. The summed E-state index contributed by atoms with van der Waals surface area (Å²) < 4.78 is 10.6. The van der Waals surface area contributed by atoms with Crippen molar-refractivity contribution in [2.24, 2.45) is 11.8 Å². The number of anilines is 1. The number of ether oxygens (including phenoxy) is 2. The van der Waals surface area contributed by atoms with Crippen molar-refractivity contribution in [3.05, 3.63) is 18.2 Å². The summed E-state index contributed by atoms with van der Waals surface area (Å²) in [5.41, 5.74) is 0.717. The Bertz CT molecular complexity index is 654. The zero-order valence-electron chi connectivity index (χ0n) is 15.4. The molecule has 2 aliphatic rings. The molecule has 0 aliphatic carbocycles. The fourth-order valence-corrected chi connectivity index (χ4v) is 3.15. The second-order valence-electron chi connectivity index (χ2n) is 7.31. The highest BCUT2D eigenvalue weighted by molar-refractivity contribution is 5.93. The van der Waals surface area contributed by atoms with Gasteiger partial charge in [-0.3, -0.25) is 14.5 Å². The van der Waals surface area contributed by atoms with Gasteiger partial charge < -0.3 is 20.1 Å². The van der Waals surface area contributed by atoms with Crippen molar-refractivity contribution >= 4 is 17.5 Å². The molecule has 7 nitrogen and oxygen atoms in total. The third kappa shape index (κ3) is 4.88. The molecule has 0 bridgehead atoms. The molecule has 7 heteroatoms. The van der Waals surface area contributed by atoms with Crippen molar-refractivity contribution in [2.45, 2.75) is 26.7 Å². The quantitative estimate of drug-likeness (QED) is 0.808. The molecule has 142 valence electrons. The lowest BCUT2D eigenvalue weighted by Crippen LogP contribution is -2.44. The second-order valence-corrected chi connectivity index (χ2v) is 7.31. The first-order valence-electron chi connectivity index (χ1n) is 9.21. The second kappa shape index (κ2) is 8.40. The van der Waals surface area contributed by atoms with Crippen LogP contribution in [0.5, 0.6) is 11.5 Å². The van der Waals surface area contributed by atoms with Gasteiger partial charge in [-0.15, -0.1) is 0 Å². The van der Waals surface area contributed by atoms with Crippen LogP contribution in [0.3, 0.4) is 0 Å². The largest absolute Gasteiger partial charge is 0.454 e. The monoisotopic (exact) mass is 361 g/mol. The molecule has 3 rings (SSSR count). The van der Waals surface area contributed by atoms with E-state index in [2.05, 4.69) is 29.4 Å². The molecule has 2 N–H and O–H groups in total. The maximum absolute atomic E-state index is 12.5. The molecule has 0 spiro atoms. The smallest absolute Gasteiger partial charge is 0.234 e. The van der Waals surface area contributed by atoms with Crippen LogP contribution in [0.1, 0.15) is 26.7 Å². The van der Waals surface area contributed by atoms with E-state index in [0.29, 0.717) is 30.5 Å². The van der Waals surface area contributed by atoms with Crippen LogP contribution in [0.2, 0.25) is 0 Å². The molecule has 2 aliphatic heterocycles. The van der Waals surface area contributed by atoms with Gasteiger partial charge in [0.15, 0.2) is 11.5 Å². The number of carbonyl (C=O) groups is 2. The van der Waals surface area contributed by atoms with Crippen LogP contribution in [0.15, 0.2) is 18.2 Å². The van der Waals surface area contributed by atoms with Crippen LogP contribution in [0, 0.1) is 11.8 Å². The standard InChI is InChI=1S/C19H27N3O4/c1-13(2)10-20-18(23)11-22-7-5-14(6-8-22)19(24)21-15-3-4-16-17(9-15)26-12-25-16/h3-4,9,13-14H,5-8,10-12H2,1-2H3,(H,20,23)(H,21,24). The molecule has 0 unspecified atom stereocenters. The Labute approximate surface area is 154 Å². The lowest BCUT2D eigenvalue weighted by atomic mass is 9.95. The number of nitrogens with one attached hydrogen (secondary N) is 2. The van der Waals surface area contributed by atoms with Crippen molar-refractivity contribution in [2.75, 3.05) is 38.3 Å². The molecule has 2 amide bonds. The molecule has 26 heavy (non-hydrogen) atoms. The summed E-state index contributed by atoms with van der Waals surface area (Å²) in [4.78, 5) is 26.5. The van der Waals surface area contributed by atoms with Crippen molar-refractivity contribution in [3.8, 4) is 11.5 Å². The van der Waals surface area contributed by atoms with Crippen LogP contribution < -0.4 is 20.1 Å². The van der Waals surface area contributed by atoms with Crippen LogP contribution in [-0.2, 0) is 9.59 Å². The van der Waals surface area contributed by atoms with E-state index in [-0.39, 0.29) is 24.5 Å². The van der Waals surface area contributed by atoms with E-state index >= 15 is 0 Å². The summed E-state index contributed by atoms with van der Waals surface area (Å²) in [7, 11) is 0. The molecule has 1 saturated heterocycles. The minimum absolute atomic E-state index is 0.0211. The van der Waals surface area contributed by atoms with Crippen molar-refractivity contribution in [1.29, 1.82) is 0 Å². The minimum atomic E-state index is -0.0320. The molecule has 1 aromatic carbocycles. The van der Waals surface area contributed by atoms with Crippen LogP contribution >= 0.6 is 0 Å². The first-order chi connectivity index (χ1) is 12.5. The summed E-state index contributed by atoms with van der Waals surface area (Å²) in [5.74, 6) is 1.85. The minimum Gasteiger partial charge on any atom is -0.454 e. The van der Waals surface area contributed by atoms with Gasteiger partial charge in [-0.05, 0) is 44.0 Å². The fourth-order valence-electron chi connectivity index (χ4n) is 3.15. The highest BCUT2D eigenvalue weighted by Gasteiger charge is 2.26. The SMILES string of the molecule is CC(C)CNC(=O)CN1CCC(C(=O)Nc2ccc3c(c2)OCO3)CC1. The number of carbonyl (C=O) groups excluding carboxylic acids is 2. The first-order valence-corrected chi connectivity index (χ1v) is 9.21. The van der Waals surface area contributed by atoms with Crippen LogP contribution in [0.4, 0.5) is 5.69 Å². The number of likely N-dealkylation sites (tertiary alicyclic amines) is 1. The van der Waals surface area contributed by atoms with Crippen LogP contribution in [0.25, 0.3) is 0 Å². The average molecular weight is 361 g/mol. The highest BCUT2D eigenvalue weighted by atomic mass is 16.7. The Morgan fingerprint density at radius 2 is 1.92 bits per heavy atom. The molecule has 0 radical (unpaired) electrons. The molecule has 2 heterocycles. The first kappa shape index (κ1) is 18.5. The number of amides is 2. The third-order valence-corrected chi connectivity index (χ3v) is 4.67. The van der Waals surface area contributed by atoms with Gasteiger partial charge in [0, 0.05) is 24.2 Å². The Morgan fingerprint density at radius 1 is 1.19 bits per heavy atom. The number of nitrogens with zero attached hydrogens (tertiary/aromatic N) is 1. The van der Waals surface area contributed by atoms with Gasteiger partial charge in [0.25, 0.3) is 0 Å². The molecule has 0 saturated carbocycles. The fraction of sp³-hybridized carbons (Fsp3) is 0.579. The molecular weight excluding hydrogens is 334 g/mol. The van der Waals surface area contributed by atoms with Gasteiger partial charge in [0.05, 0.1) is 6.54 Å². The van der Waals surface area contributed by atoms with E-state index in [1.165, 1.54) is 0 Å². The number of fused-ring (bicyclic) bond motifs is 1. The number of benzene rings is 1. The highest BCUT2D eigenvalue weighted by Crippen LogP contribution is 2.34. The van der Waals surface area contributed by atoms with E-state index in [1.807, 2.05) is 6.07 Å². The van der Waals surface area contributed by atoms with Crippen molar-refractivity contribution in [3.63, 3.8) is 0 Å². The molecular formula is C19H27N3O4. The molecule has 0 aromatic heterocycles. The lowest BCUT2D eigenvalue weighted by Gasteiger charge is -2.30. The number of hydrogen-bond donors (Lipinski definition) is 2. The van der Waals surface area contributed by atoms with E-state index < -0.39 is 0 Å². The number of piperidine rings is 1. The Hall–Kier alpha value is -2.28. The summed E-state index contributed by atoms with van der Waals surface area (Å²) in [6.45, 7) is 6.99. The Kier molecular flexibility index (Phi) is 5.98. The zero-order chi connectivity index (χ0) is 18.5. The topological polar surface area (TPSA) is 79.9 Å². The summed E-state index contributed by atoms with van der Waals surface area (Å²) in [5, 5.41) is 5.89. The number of rotatable bonds is 6. The van der Waals surface area contributed by atoms with Crippen LogP contribution in [-0.4, -0.2) is 49.7 Å². The normalized spacial score (nSPS) is 17.3. The van der Waals surface area contributed by atoms with Gasteiger partial charge in [0.1, 0.15) is 0 Å². The average Bonchev–Trinajstić information content (AvgIpc) is 3.08. The molecule has 1 aromatic rings. The predicted molar refractivity (Wildman–Crippen MR) is 98.2 cm³/mol.